The fourth-order valence-corrected chi connectivity index (χ4v) is 3.60. The van der Waals surface area contributed by atoms with E-state index >= 15 is 0 Å². The van der Waals surface area contributed by atoms with Gasteiger partial charge in [-0.05, 0) is 43.7 Å². The van der Waals surface area contributed by atoms with E-state index in [1.54, 1.807) is 24.3 Å². The zero-order valence-corrected chi connectivity index (χ0v) is 17.6. The molecule has 0 spiro atoms. The Balaban J connectivity index is 1.66. The molecular formula is C22H20F3N3O2S. The number of amides is 2. The lowest BCUT2D eigenvalue weighted by molar-refractivity contribution is -0.137. The average Bonchev–Trinajstić information content (AvgIpc) is 3.19. The normalized spacial score (nSPS) is 11.4. The Morgan fingerprint density at radius 1 is 1.10 bits per heavy atom. The van der Waals surface area contributed by atoms with Crippen molar-refractivity contribution in [2.24, 2.45) is 0 Å². The van der Waals surface area contributed by atoms with E-state index in [0.717, 1.165) is 29.0 Å². The van der Waals surface area contributed by atoms with Gasteiger partial charge in [0.2, 0.25) is 5.91 Å². The Bertz CT molecular complexity index is 1080. The average molecular weight is 447 g/mol. The molecule has 1 heterocycles. The number of anilines is 1. The van der Waals surface area contributed by atoms with Gasteiger partial charge in [0.15, 0.2) is 0 Å². The number of thiazole rings is 1. The second-order valence-electron chi connectivity index (χ2n) is 7.17. The molecule has 0 unspecified atom stereocenters. The third-order valence-corrected chi connectivity index (χ3v) is 5.09. The van der Waals surface area contributed by atoms with Crippen LogP contribution in [-0.2, 0) is 17.4 Å². The molecule has 3 aromatic rings. The van der Waals surface area contributed by atoms with Crippen LogP contribution in [-0.4, -0.2) is 22.8 Å². The highest BCUT2D eigenvalue weighted by Crippen LogP contribution is 2.33. The molecule has 162 valence electrons. The highest BCUT2D eigenvalue weighted by Gasteiger charge is 2.30. The number of carbonyl (C=O) groups is 2. The second kappa shape index (κ2) is 9.30. The molecule has 5 nitrogen and oxygen atoms in total. The smallest absolute Gasteiger partial charge is 0.354 e. The molecule has 0 aliphatic carbocycles. The summed E-state index contributed by atoms with van der Waals surface area (Å²) in [5.41, 5.74) is 0.956. The summed E-state index contributed by atoms with van der Waals surface area (Å²) < 4.78 is 38.7. The molecule has 0 radical (unpaired) electrons. The van der Waals surface area contributed by atoms with Crippen LogP contribution in [0.5, 0.6) is 0 Å². The summed E-state index contributed by atoms with van der Waals surface area (Å²) in [6, 6.07) is 11.7. The maximum absolute atomic E-state index is 12.9. The van der Waals surface area contributed by atoms with Gasteiger partial charge in [0.1, 0.15) is 10.7 Å². The number of hydrogen-bond donors (Lipinski definition) is 2. The minimum atomic E-state index is -4.45. The van der Waals surface area contributed by atoms with E-state index in [0.29, 0.717) is 16.3 Å². The number of alkyl halides is 3. The van der Waals surface area contributed by atoms with Gasteiger partial charge in [-0.15, -0.1) is 11.3 Å². The Hall–Kier alpha value is -3.20. The summed E-state index contributed by atoms with van der Waals surface area (Å²) in [6.45, 7) is 3.76. The number of benzene rings is 2. The molecule has 2 aromatic carbocycles. The van der Waals surface area contributed by atoms with E-state index in [1.165, 1.54) is 17.5 Å². The number of nitrogens with one attached hydrogen (secondary N) is 2. The second-order valence-corrected chi connectivity index (χ2v) is 8.02. The van der Waals surface area contributed by atoms with E-state index in [9.17, 15) is 22.8 Å². The molecule has 31 heavy (non-hydrogen) atoms. The number of aromatic nitrogens is 1. The van der Waals surface area contributed by atoms with Crippen LogP contribution in [0.25, 0.3) is 10.6 Å². The first-order chi connectivity index (χ1) is 14.6. The molecule has 2 amide bonds. The minimum Gasteiger partial charge on any atom is -0.354 e. The van der Waals surface area contributed by atoms with Crippen molar-refractivity contribution in [3.63, 3.8) is 0 Å². The van der Waals surface area contributed by atoms with Crippen molar-refractivity contribution in [1.29, 1.82) is 0 Å². The van der Waals surface area contributed by atoms with Crippen LogP contribution < -0.4 is 10.6 Å². The van der Waals surface area contributed by atoms with Crippen molar-refractivity contribution in [3.8, 4) is 10.6 Å². The molecule has 0 saturated carbocycles. The molecule has 1 aromatic heterocycles. The number of halogens is 3. The molecular weight excluding hydrogens is 427 g/mol. The number of rotatable bonds is 6. The maximum Gasteiger partial charge on any atom is 0.416 e. The van der Waals surface area contributed by atoms with Crippen molar-refractivity contribution in [3.05, 3.63) is 70.7 Å². The standard InChI is InChI=1S/C22H20F3N3O2S/c1-13(2)26-19(29)10-14-6-8-17(9-7-14)27-20(30)18-12-31-21(28-18)15-4-3-5-16(11-15)22(23,24)25/h3-9,11-13H,10H2,1-2H3,(H,26,29)(H,27,30). The van der Waals surface area contributed by atoms with Gasteiger partial charge in [0, 0.05) is 22.7 Å². The van der Waals surface area contributed by atoms with Gasteiger partial charge in [-0.25, -0.2) is 4.98 Å². The summed E-state index contributed by atoms with van der Waals surface area (Å²) >= 11 is 1.09. The van der Waals surface area contributed by atoms with Crippen LogP contribution in [0.15, 0.2) is 53.9 Å². The lowest BCUT2D eigenvalue weighted by atomic mass is 10.1. The SMILES string of the molecule is CC(C)NC(=O)Cc1ccc(NC(=O)c2csc(-c3cccc(C(F)(F)F)c3)n2)cc1. The summed E-state index contributed by atoms with van der Waals surface area (Å²) in [6.07, 6.45) is -4.21. The molecule has 0 saturated heterocycles. The number of hydrogen-bond acceptors (Lipinski definition) is 4. The van der Waals surface area contributed by atoms with E-state index in [-0.39, 0.29) is 24.1 Å². The molecule has 0 aliphatic heterocycles. The van der Waals surface area contributed by atoms with Gasteiger partial charge < -0.3 is 10.6 Å². The molecule has 3 rings (SSSR count). The topological polar surface area (TPSA) is 71.1 Å². The lowest BCUT2D eigenvalue weighted by Gasteiger charge is -2.09. The Kier molecular flexibility index (Phi) is 6.74. The largest absolute Gasteiger partial charge is 0.416 e. The highest BCUT2D eigenvalue weighted by atomic mass is 32.1. The Morgan fingerprint density at radius 2 is 1.81 bits per heavy atom. The van der Waals surface area contributed by atoms with Crippen LogP contribution >= 0.6 is 11.3 Å². The van der Waals surface area contributed by atoms with Crippen molar-refractivity contribution in [1.82, 2.24) is 10.3 Å². The molecule has 2 N–H and O–H groups in total. The van der Waals surface area contributed by atoms with Crippen LogP contribution in [0.4, 0.5) is 18.9 Å². The quantitative estimate of drug-likeness (QED) is 0.549. The van der Waals surface area contributed by atoms with E-state index < -0.39 is 17.6 Å². The first-order valence-electron chi connectivity index (χ1n) is 9.44. The van der Waals surface area contributed by atoms with Crippen LogP contribution in [0.2, 0.25) is 0 Å². The minimum absolute atomic E-state index is 0.0602. The van der Waals surface area contributed by atoms with E-state index in [2.05, 4.69) is 15.6 Å². The van der Waals surface area contributed by atoms with Crippen molar-refractivity contribution in [2.45, 2.75) is 32.5 Å². The van der Waals surface area contributed by atoms with E-state index in [1.807, 2.05) is 13.8 Å². The van der Waals surface area contributed by atoms with Gasteiger partial charge >= 0.3 is 6.18 Å². The third-order valence-electron chi connectivity index (χ3n) is 4.20. The maximum atomic E-state index is 12.9. The summed E-state index contributed by atoms with van der Waals surface area (Å²) in [5.74, 6) is -0.559. The van der Waals surface area contributed by atoms with Crippen molar-refractivity contribution in [2.75, 3.05) is 5.32 Å². The highest BCUT2D eigenvalue weighted by molar-refractivity contribution is 7.13. The third kappa shape index (κ3) is 6.14. The van der Waals surface area contributed by atoms with Crippen LogP contribution in [0.3, 0.4) is 0 Å². The summed E-state index contributed by atoms with van der Waals surface area (Å²) in [4.78, 5) is 28.4. The van der Waals surface area contributed by atoms with Gasteiger partial charge in [-0.3, -0.25) is 9.59 Å². The van der Waals surface area contributed by atoms with Gasteiger partial charge in [-0.1, -0.05) is 24.3 Å². The zero-order chi connectivity index (χ0) is 22.6. The predicted molar refractivity (Wildman–Crippen MR) is 114 cm³/mol. The lowest BCUT2D eigenvalue weighted by Crippen LogP contribution is -2.31. The number of carbonyl (C=O) groups excluding carboxylic acids is 2. The molecule has 0 atom stereocenters. The van der Waals surface area contributed by atoms with E-state index in [4.69, 9.17) is 0 Å². The first kappa shape index (κ1) is 22.5. The summed E-state index contributed by atoms with van der Waals surface area (Å²) in [5, 5.41) is 7.32. The fourth-order valence-electron chi connectivity index (χ4n) is 2.80. The molecule has 0 aliphatic rings. The Morgan fingerprint density at radius 3 is 2.45 bits per heavy atom. The first-order valence-corrected chi connectivity index (χ1v) is 10.3. The zero-order valence-electron chi connectivity index (χ0n) is 16.8. The molecule has 9 heteroatoms. The monoisotopic (exact) mass is 447 g/mol. The van der Waals surface area contributed by atoms with Gasteiger partial charge in [-0.2, -0.15) is 13.2 Å². The van der Waals surface area contributed by atoms with Gasteiger partial charge in [0.25, 0.3) is 5.91 Å². The molecule has 0 fully saturated rings. The van der Waals surface area contributed by atoms with Crippen molar-refractivity contribution >= 4 is 28.8 Å². The van der Waals surface area contributed by atoms with Crippen LogP contribution in [0, 0.1) is 0 Å². The van der Waals surface area contributed by atoms with Crippen LogP contribution in [0.1, 0.15) is 35.5 Å². The van der Waals surface area contributed by atoms with Gasteiger partial charge in [0.05, 0.1) is 12.0 Å². The van der Waals surface area contributed by atoms with Crippen molar-refractivity contribution < 1.29 is 22.8 Å². The number of nitrogens with zero attached hydrogens (tertiary/aromatic N) is 1. The summed E-state index contributed by atoms with van der Waals surface area (Å²) in [7, 11) is 0. The predicted octanol–water partition coefficient (Wildman–Crippen LogP) is 5.15. The fraction of sp³-hybridized carbons (Fsp3) is 0.227. The molecule has 0 bridgehead atoms. The Labute approximate surface area is 181 Å².